The molecule has 0 saturated carbocycles. The molecule has 2 aromatic heterocycles. The summed E-state index contributed by atoms with van der Waals surface area (Å²) in [5.74, 6) is 1.89. The van der Waals surface area contributed by atoms with Crippen molar-refractivity contribution in [1.29, 1.82) is 0 Å². The Morgan fingerprint density at radius 1 is 0.306 bits per heavy atom. The quantitative estimate of drug-likeness (QED) is 0.161. The van der Waals surface area contributed by atoms with E-state index in [4.69, 9.17) is 15.0 Å². The van der Waals surface area contributed by atoms with Crippen molar-refractivity contribution in [2.45, 2.75) is 5.41 Å². The Morgan fingerprint density at radius 2 is 0.790 bits per heavy atom. The number of hydrogen-bond donors (Lipinski definition) is 0. The molecule has 0 bridgehead atoms. The zero-order chi connectivity index (χ0) is 41.0. The second-order valence-corrected chi connectivity index (χ2v) is 17.0. The van der Waals surface area contributed by atoms with Crippen LogP contribution in [-0.2, 0) is 5.41 Å². The lowest BCUT2D eigenvalue weighted by Crippen LogP contribution is -2.28. The zero-order valence-corrected chi connectivity index (χ0v) is 34.4. The number of nitrogens with zero attached hydrogens (tertiary/aromatic N) is 3. The van der Waals surface area contributed by atoms with E-state index in [1.807, 2.05) is 17.4 Å². The van der Waals surface area contributed by atoms with Crippen molar-refractivity contribution in [2.24, 2.45) is 0 Å². The minimum Gasteiger partial charge on any atom is -0.208 e. The van der Waals surface area contributed by atoms with Gasteiger partial charge < -0.3 is 0 Å². The molecular formula is C58H37N3S. The van der Waals surface area contributed by atoms with Gasteiger partial charge in [-0.25, -0.2) is 15.0 Å². The molecule has 3 nitrogen and oxygen atoms in total. The van der Waals surface area contributed by atoms with Crippen molar-refractivity contribution in [1.82, 2.24) is 15.0 Å². The molecule has 0 spiro atoms. The summed E-state index contributed by atoms with van der Waals surface area (Å²) in [6, 6.07) is 80.4. The van der Waals surface area contributed by atoms with Gasteiger partial charge in [0, 0.05) is 36.9 Å². The summed E-state index contributed by atoms with van der Waals surface area (Å²) in [4.78, 5) is 15.9. The predicted molar refractivity (Wildman–Crippen MR) is 257 cm³/mol. The van der Waals surface area contributed by atoms with Crippen molar-refractivity contribution < 1.29 is 0 Å². The molecular weight excluding hydrogens is 771 g/mol. The van der Waals surface area contributed by atoms with E-state index in [0.29, 0.717) is 17.5 Å². The number of rotatable bonds is 7. The fourth-order valence-corrected chi connectivity index (χ4v) is 10.9. The average Bonchev–Trinajstić information content (AvgIpc) is 3.89. The van der Waals surface area contributed by atoms with Crippen LogP contribution in [0.5, 0.6) is 0 Å². The van der Waals surface area contributed by atoms with Crippen molar-refractivity contribution in [3.63, 3.8) is 0 Å². The van der Waals surface area contributed by atoms with Crippen LogP contribution in [0.25, 0.3) is 87.7 Å². The van der Waals surface area contributed by atoms with E-state index in [0.717, 1.165) is 33.4 Å². The summed E-state index contributed by atoms with van der Waals surface area (Å²) in [5.41, 5.74) is 14.3. The van der Waals surface area contributed by atoms with Gasteiger partial charge in [0.15, 0.2) is 17.5 Å². The monoisotopic (exact) mass is 807 g/mol. The van der Waals surface area contributed by atoms with E-state index in [9.17, 15) is 0 Å². The van der Waals surface area contributed by atoms with E-state index in [1.165, 1.54) is 59.1 Å². The molecule has 0 fully saturated rings. The molecule has 0 radical (unpaired) electrons. The lowest BCUT2D eigenvalue weighted by Gasteiger charge is -2.33. The molecule has 9 aromatic carbocycles. The number of fused-ring (bicyclic) bond motifs is 6. The first-order valence-electron chi connectivity index (χ1n) is 21.0. The lowest BCUT2D eigenvalue weighted by molar-refractivity contribution is 0.768. The van der Waals surface area contributed by atoms with Crippen LogP contribution in [0.3, 0.4) is 0 Å². The third-order valence-corrected chi connectivity index (χ3v) is 13.6. The Bertz CT molecular complexity index is 3430. The molecule has 62 heavy (non-hydrogen) atoms. The van der Waals surface area contributed by atoms with Crippen LogP contribution in [0, 0.1) is 0 Å². The Morgan fingerprint density at radius 3 is 1.50 bits per heavy atom. The third-order valence-electron chi connectivity index (χ3n) is 12.4. The van der Waals surface area contributed by atoms with Crippen molar-refractivity contribution in [3.8, 4) is 67.5 Å². The van der Waals surface area contributed by atoms with Crippen LogP contribution in [0.2, 0.25) is 0 Å². The van der Waals surface area contributed by atoms with Gasteiger partial charge in [0.1, 0.15) is 0 Å². The van der Waals surface area contributed by atoms with Crippen molar-refractivity contribution >= 4 is 31.5 Å². The fraction of sp³-hybridized carbons (Fsp3) is 0.0172. The summed E-state index contributed by atoms with van der Waals surface area (Å²) in [6.45, 7) is 0. The molecule has 0 N–H and O–H groups in total. The first kappa shape index (κ1) is 36.1. The lowest BCUT2D eigenvalue weighted by atomic mass is 9.67. The van der Waals surface area contributed by atoms with Gasteiger partial charge in [0.05, 0.1) is 5.41 Å². The Kier molecular flexibility index (Phi) is 8.58. The summed E-state index contributed by atoms with van der Waals surface area (Å²) >= 11 is 1.84. The maximum atomic E-state index is 5.33. The number of aromatic nitrogens is 3. The van der Waals surface area contributed by atoms with Crippen LogP contribution < -0.4 is 0 Å². The van der Waals surface area contributed by atoms with Crippen molar-refractivity contribution in [2.75, 3.05) is 0 Å². The molecule has 0 amide bonds. The molecule has 290 valence electrons. The standard InChI is InChI=1S/C58H37N3S/c1-4-17-38(18-5-1)39-19-14-21-41(35-39)55-59-56(42-22-15-20-40(36-42)46-29-16-30-49-48-28-11-13-32-53(48)62-54(46)49)61-57(60-55)43-33-34-52-50(37-43)47-27-10-12-31-51(47)58(52,44-23-6-2-7-24-44)45-25-8-3-9-26-45/h1-37H. The highest BCUT2D eigenvalue weighted by Crippen LogP contribution is 2.56. The van der Waals surface area contributed by atoms with Gasteiger partial charge in [-0.1, -0.05) is 200 Å². The number of hydrogen-bond acceptors (Lipinski definition) is 4. The van der Waals surface area contributed by atoms with E-state index < -0.39 is 5.41 Å². The highest BCUT2D eigenvalue weighted by Gasteiger charge is 2.46. The molecule has 1 aliphatic carbocycles. The number of benzene rings is 9. The summed E-state index contributed by atoms with van der Waals surface area (Å²) in [7, 11) is 0. The predicted octanol–water partition coefficient (Wildman–Crippen LogP) is 14.9. The van der Waals surface area contributed by atoms with Crippen molar-refractivity contribution in [3.05, 3.63) is 247 Å². The highest BCUT2D eigenvalue weighted by atomic mass is 32.1. The summed E-state index contributed by atoms with van der Waals surface area (Å²) in [6.07, 6.45) is 0. The van der Waals surface area contributed by atoms with Gasteiger partial charge >= 0.3 is 0 Å². The topological polar surface area (TPSA) is 38.7 Å². The van der Waals surface area contributed by atoms with Gasteiger partial charge in [-0.3, -0.25) is 0 Å². The normalized spacial score (nSPS) is 12.6. The van der Waals surface area contributed by atoms with Gasteiger partial charge in [-0.15, -0.1) is 11.3 Å². The minimum atomic E-state index is -0.488. The van der Waals surface area contributed by atoms with E-state index in [-0.39, 0.29) is 0 Å². The second-order valence-electron chi connectivity index (χ2n) is 15.9. The van der Waals surface area contributed by atoms with Gasteiger partial charge in [-0.2, -0.15) is 0 Å². The molecule has 0 unspecified atom stereocenters. The van der Waals surface area contributed by atoms with Gasteiger partial charge in [0.2, 0.25) is 0 Å². The van der Waals surface area contributed by atoms with Crippen LogP contribution in [0.4, 0.5) is 0 Å². The highest BCUT2D eigenvalue weighted by molar-refractivity contribution is 7.26. The smallest absolute Gasteiger partial charge is 0.164 e. The maximum absolute atomic E-state index is 5.33. The Hall–Kier alpha value is -7.79. The maximum Gasteiger partial charge on any atom is 0.164 e. The SMILES string of the molecule is c1ccc(-c2cccc(-c3nc(-c4cccc(-c5cccc6c5sc5ccccc56)c4)nc(-c4ccc5c(c4)-c4ccccc4C5(c4ccccc4)c4ccccc4)n3)c2)cc1. The van der Waals surface area contributed by atoms with Gasteiger partial charge in [0.25, 0.3) is 0 Å². The minimum absolute atomic E-state index is 0.488. The van der Waals surface area contributed by atoms with Crippen LogP contribution in [0.1, 0.15) is 22.3 Å². The largest absolute Gasteiger partial charge is 0.208 e. The molecule has 12 rings (SSSR count). The molecule has 0 aliphatic heterocycles. The Balaban J connectivity index is 1.05. The average molecular weight is 808 g/mol. The first-order valence-corrected chi connectivity index (χ1v) is 21.8. The summed E-state index contributed by atoms with van der Waals surface area (Å²) < 4.78 is 2.57. The van der Waals surface area contributed by atoms with Crippen LogP contribution in [0.15, 0.2) is 224 Å². The van der Waals surface area contributed by atoms with Crippen LogP contribution >= 0.6 is 11.3 Å². The first-order chi connectivity index (χ1) is 30.7. The second kappa shape index (κ2) is 14.7. The molecule has 4 heteroatoms. The Labute approximate surface area is 364 Å². The number of thiophene rings is 1. The molecule has 0 saturated heterocycles. The zero-order valence-electron chi connectivity index (χ0n) is 33.6. The fourth-order valence-electron chi connectivity index (χ4n) is 9.62. The molecule has 2 heterocycles. The molecule has 11 aromatic rings. The van der Waals surface area contributed by atoms with E-state index in [1.54, 1.807) is 0 Å². The third kappa shape index (κ3) is 5.83. The molecule has 1 aliphatic rings. The van der Waals surface area contributed by atoms with E-state index >= 15 is 0 Å². The van der Waals surface area contributed by atoms with Crippen LogP contribution in [-0.4, -0.2) is 15.0 Å². The van der Waals surface area contributed by atoms with Gasteiger partial charge in [-0.05, 0) is 79.9 Å². The van der Waals surface area contributed by atoms with E-state index in [2.05, 4.69) is 218 Å². The molecule has 0 atom stereocenters. The summed E-state index contributed by atoms with van der Waals surface area (Å²) in [5, 5.41) is 2.56.